The van der Waals surface area contributed by atoms with Crippen molar-refractivity contribution in [1.29, 1.82) is 0 Å². The number of hydrogen-bond acceptors (Lipinski definition) is 2. The number of aromatic nitrogens is 1. The van der Waals surface area contributed by atoms with Gasteiger partial charge in [-0.15, -0.1) is 28.3 Å². The van der Waals surface area contributed by atoms with Crippen LogP contribution in [0.4, 0.5) is 5.69 Å². The minimum atomic E-state index is 0. The second kappa shape index (κ2) is 8.15. The summed E-state index contributed by atoms with van der Waals surface area (Å²) in [6.07, 6.45) is 0. The van der Waals surface area contributed by atoms with E-state index >= 15 is 0 Å². The van der Waals surface area contributed by atoms with E-state index in [1.165, 1.54) is 0 Å². The van der Waals surface area contributed by atoms with Crippen LogP contribution in [0.15, 0.2) is 58.9 Å². The standard InChI is InChI=1S/C17H14Cl2N2S.BrH/c1-2-21-16(12-3-5-13(18)6-4-12)11-22-17(21)20-15-9-7-14(19)8-10-15;/h3-11H,2H2,1H3;1H. The predicted molar refractivity (Wildman–Crippen MR) is 105 cm³/mol. The molecule has 0 bridgehead atoms. The van der Waals surface area contributed by atoms with E-state index in [1.54, 1.807) is 11.3 Å². The Morgan fingerprint density at radius 3 is 2.09 bits per heavy atom. The van der Waals surface area contributed by atoms with Crippen molar-refractivity contribution >= 4 is 57.2 Å². The van der Waals surface area contributed by atoms with Gasteiger partial charge < -0.3 is 4.57 Å². The summed E-state index contributed by atoms with van der Waals surface area (Å²) in [5.74, 6) is 0. The van der Waals surface area contributed by atoms with Crippen molar-refractivity contribution in [1.82, 2.24) is 4.57 Å². The molecule has 0 atom stereocenters. The Balaban J connectivity index is 0.00000192. The zero-order valence-corrected chi connectivity index (χ0v) is 16.4. The lowest BCUT2D eigenvalue weighted by Gasteiger charge is -2.06. The summed E-state index contributed by atoms with van der Waals surface area (Å²) in [7, 11) is 0. The van der Waals surface area contributed by atoms with Gasteiger partial charge in [0.2, 0.25) is 0 Å². The van der Waals surface area contributed by atoms with Crippen LogP contribution in [0, 0.1) is 0 Å². The molecular formula is C17H15BrCl2N2S. The van der Waals surface area contributed by atoms with Crippen LogP contribution >= 0.6 is 51.5 Å². The van der Waals surface area contributed by atoms with Gasteiger partial charge in [-0.2, -0.15) is 0 Å². The van der Waals surface area contributed by atoms with Crippen molar-refractivity contribution in [2.24, 2.45) is 4.99 Å². The molecular weight excluding hydrogens is 415 g/mol. The molecule has 0 unspecified atom stereocenters. The van der Waals surface area contributed by atoms with Gasteiger partial charge in [0.15, 0.2) is 4.80 Å². The number of hydrogen-bond donors (Lipinski definition) is 0. The summed E-state index contributed by atoms with van der Waals surface area (Å²) < 4.78 is 2.20. The Hall–Kier alpha value is -1.07. The minimum Gasteiger partial charge on any atom is -0.317 e. The highest BCUT2D eigenvalue weighted by atomic mass is 79.9. The average molecular weight is 430 g/mol. The zero-order valence-electron chi connectivity index (χ0n) is 12.4. The van der Waals surface area contributed by atoms with E-state index in [2.05, 4.69) is 16.9 Å². The first kappa shape index (κ1) is 18.3. The third-order valence-electron chi connectivity index (χ3n) is 3.31. The Morgan fingerprint density at radius 1 is 0.957 bits per heavy atom. The number of rotatable bonds is 3. The number of thiazole rings is 1. The summed E-state index contributed by atoms with van der Waals surface area (Å²) in [5.41, 5.74) is 3.19. The molecule has 0 amide bonds. The van der Waals surface area contributed by atoms with Gasteiger partial charge in [-0.1, -0.05) is 35.3 Å². The maximum Gasteiger partial charge on any atom is 0.190 e. The van der Waals surface area contributed by atoms with Crippen LogP contribution in [-0.4, -0.2) is 4.57 Å². The fraction of sp³-hybridized carbons (Fsp3) is 0.118. The Kier molecular flexibility index (Phi) is 6.48. The second-order valence-electron chi connectivity index (χ2n) is 4.74. The van der Waals surface area contributed by atoms with E-state index in [4.69, 9.17) is 28.2 Å². The highest BCUT2D eigenvalue weighted by Crippen LogP contribution is 2.23. The molecule has 0 N–H and O–H groups in total. The third kappa shape index (κ3) is 4.27. The Bertz CT molecular complexity index is 836. The molecule has 1 aromatic heterocycles. The first-order valence-electron chi connectivity index (χ1n) is 6.92. The van der Waals surface area contributed by atoms with Crippen LogP contribution in [0.3, 0.4) is 0 Å². The molecule has 0 saturated carbocycles. The van der Waals surface area contributed by atoms with Crippen LogP contribution < -0.4 is 4.80 Å². The fourth-order valence-corrected chi connectivity index (χ4v) is 3.45. The summed E-state index contributed by atoms with van der Waals surface area (Å²) in [4.78, 5) is 5.68. The lowest BCUT2D eigenvalue weighted by molar-refractivity contribution is 0.745. The average Bonchev–Trinajstić information content (AvgIpc) is 2.93. The zero-order chi connectivity index (χ0) is 15.5. The number of nitrogens with zero attached hydrogens (tertiary/aromatic N) is 2. The van der Waals surface area contributed by atoms with Crippen molar-refractivity contribution in [3.63, 3.8) is 0 Å². The molecule has 1 heterocycles. The van der Waals surface area contributed by atoms with E-state index in [-0.39, 0.29) is 17.0 Å². The van der Waals surface area contributed by atoms with Gasteiger partial charge >= 0.3 is 0 Å². The van der Waals surface area contributed by atoms with Crippen molar-refractivity contribution < 1.29 is 0 Å². The van der Waals surface area contributed by atoms with E-state index in [0.29, 0.717) is 0 Å². The first-order valence-corrected chi connectivity index (χ1v) is 8.55. The minimum absolute atomic E-state index is 0. The van der Waals surface area contributed by atoms with Crippen LogP contribution in [-0.2, 0) is 6.54 Å². The Morgan fingerprint density at radius 2 is 1.52 bits per heavy atom. The normalized spacial score (nSPS) is 11.3. The molecule has 2 nitrogen and oxygen atoms in total. The molecule has 0 saturated heterocycles. The van der Waals surface area contributed by atoms with Crippen molar-refractivity contribution in [2.75, 3.05) is 0 Å². The molecule has 6 heteroatoms. The summed E-state index contributed by atoms with van der Waals surface area (Å²) in [6.45, 7) is 2.97. The predicted octanol–water partition coefficient (Wildman–Crippen LogP) is 6.35. The van der Waals surface area contributed by atoms with E-state index in [9.17, 15) is 0 Å². The lowest BCUT2D eigenvalue weighted by atomic mass is 10.2. The van der Waals surface area contributed by atoms with E-state index in [1.807, 2.05) is 48.5 Å². The fourth-order valence-electron chi connectivity index (χ4n) is 2.20. The highest BCUT2D eigenvalue weighted by molar-refractivity contribution is 8.93. The molecule has 0 radical (unpaired) electrons. The van der Waals surface area contributed by atoms with Gasteiger partial charge in [-0.3, -0.25) is 0 Å². The van der Waals surface area contributed by atoms with Crippen molar-refractivity contribution in [3.8, 4) is 11.3 Å². The highest BCUT2D eigenvalue weighted by Gasteiger charge is 2.06. The number of halogens is 3. The molecule has 3 aromatic rings. The SMILES string of the molecule is Br.CCn1c(-c2ccc(Cl)cc2)csc1=Nc1ccc(Cl)cc1. The first-order chi connectivity index (χ1) is 10.7. The molecule has 0 fully saturated rings. The van der Waals surface area contributed by atoms with Crippen LogP contribution in [0.25, 0.3) is 11.3 Å². The molecule has 0 spiro atoms. The van der Waals surface area contributed by atoms with Gasteiger partial charge in [0, 0.05) is 22.0 Å². The van der Waals surface area contributed by atoms with Crippen LogP contribution in [0.2, 0.25) is 10.0 Å². The van der Waals surface area contributed by atoms with Gasteiger partial charge in [-0.25, -0.2) is 4.99 Å². The van der Waals surface area contributed by atoms with Crippen molar-refractivity contribution in [3.05, 3.63) is 68.8 Å². The summed E-state index contributed by atoms with van der Waals surface area (Å²) in [5, 5.41) is 3.59. The molecule has 120 valence electrons. The quantitative estimate of drug-likeness (QED) is 0.461. The Labute approximate surface area is 159 Å². The summed E-state index contributed by atoms with van der Waals surface area (Å²) >= 11 is 13.5. The van der Waals surface area contributed by atoms with Gasteiger partial charge in [-0.05, 0) is 48.9 Å². The van der Waals surface area contributed by atoms with E-state index < -0.39 is 0 Å². The van der Waals surface area contributed by atoms with E-state index in [0.717, 1.165) is 38.3 Å². The van der Waals surface area contributed by atoms with Gasteiger partial charge in [0.05, 0.1) is 11.4 Å². The summed E-state index contributed by atoms with van der Waals surface area (Å²) in [6, 6.07) is 15.4. The molecule has 0 aliphatic heterocycles. The largest absolute Gasteiger partial charge is 0.317 e. The smallest absolute Gasteiger partial charge is 0.190 e. The third-order valence-corrected chi connectivity index (χ3v) is 4.67. The van der Waals surface area contributed by atoms with Gasteiger partial charge in [0.25, 0.3) is 0 Å². The molecule has 0 aliphatic carbocycles. The number of benzene rings is 2. The molecule has 23 heavy (non-hydrogen) atoms. The topological polar surface area (TPSA) is 17.3 Å². The monoisotopic (exact) mass is 428 g/mol. The second-order valence-corrected chi connectivity index (χ2v) is 6.45. The van der Waals surface area contributed by atoms with Crippen LogP contribution in [0.5, 0.6) is 0 Å². The molecule has 3 rings (SSSR count). The van der Waals surface area contributed by atoms with Crippen LogP contribution in [0.1, 0.15) is 6.92 Å². The molecule has 2 aromatic carbocycles. The molecule has 0 aliphatic rings. The van der Waals surface area contributed by atoms with Gasteiger partial charge in [0.1, 0.15) is 0 Å². The van der Waals surface area contributed by atoms with Crippen molar-refractivity contribution in [2.45, 2.75) is 13.5 Å². The maximum atomic E-state index is 5.96. The lowest BCUT2D eigenvalue weighted by Crippen LogP contribution is -2.14. The maximum absolute atomic E-state index is 5.96.